The molecule has 0 aliphatic carbocycles. The molecular formula is C13H15ClO3. The van der Waals surface area contributed by atoms with Gasteiger partial charge in [0.1, 0.15) is 5.58 Å². The molecule has 0 saturated carbocycles. The Morgan fingerprint density at radius 2 is 1.82 bits per heavy atom. The third-order valence-corrected chi connectivity index (χ3v) is 2.80. The van der Waals surface area contributed by atoms with Crippen LogP contribution in [0.2, 0.25) is 5.02 Å². The Bertz CT molecular complexity index is 486. The number of ether oxygens (including phenoxy) is 2. The molecule has 0 unspecified atom stereocenters. The standard InChI is InChI=1S/C13H15ClO3/c1-3-15-13(16-4-2)12-11(14)9-7-5-6-8-10(9)17-12/h5-8,13H,3-4H2,1-2H3. The molecule has 0 radical (unpaired) electrons. The van der Waals surface area contributed by atoms with Crippen molar-refractivity contribution in [3.8, 4) is 0 Å². The molecule has 1 aromatic carbocycles. The van der Waals surface area contributed by atoms with E-state index in [0.29, 0.717) is 24.0 Å². The topological polar surface area (TPSA) is 31.6 Å². The first-order chi connectivity index (χ1) is 8.27. The number of furan rings is 1. The predicted molar refractivity (Wildman–Crippen MR) is 67.2 cm³/mol. The molecular weight excluding hydrogens is 240 g/mol. The number of fused-ring (bicyclic) bond motifs is 1. The van der Waals surface area contributed by atoms with Gasteiger partial charge in [0.15, 0.2) is 5.76 Å². The molecule has 92 valence electrons. The fourth-order valence-electron chi connectivity index (χ4n) is 1.69. The second-order valence-corrected chi connectivity index (χ2v) is 3.90. The molecule has 0 spiro atoms. The maximum Gasteiger partial charge on any atom is 0.218 e. The van der Waals surface area contributed by atoms with Gasteiger partial charge in [-0.05, 0) is 26.0 Å². The minimum Gasteiger partial charge on any atom is -0.454 e. The monoisotopic (exact) mass is 254 g/mol. The predicted octanol–water partition coefficient (Wildman–Crippen LogP) is 4.16. The van der Waals surface area contributed by atoms with Gasteiger partial charge in [0, 0.05) is 18.6 Å². The first-order valence-electron chi connectivity index (χ1n) is 5.68. The van der Waals surface area contributed by atoms with Crippen LogP contribution >= 0.6 is 11.6 Å². The molecule has 1 aromatic heterocycles. The Balaban J connectivity index is 2.42. The Kier molecular flexibility index (Phi) is 4.05. The fourth-order valence-corrected chi connectivity index (χ4v) is 1.97. The van der Waals surface area contributed by atoms with Gasteiger partial charge in [-0.2, -0.15) is 0 Å². The maximum atomic E-state index is 6.27. The van der Waals surface area contributed by atoms with Crippen molar-refractivity contribution in [2.24, 2.45) is 0 Å². The van der Waals surface area contributed by atoms with Crippen molar-refractivity contribution < 1.29 is 13.9 Å². The summed E-state index contributed by atoms with van der Waals surface area (Å²) in [5.74, 6) is 0.538. The van der Waals surface area contributed by atoms with E-state index in [1.807, 2.05) is 38.1 Å². The van der Waals surface area contributed by atoms with Crippen molar-refractivity contribution in [1.82, 2.24) is 0 Å². The third-order valence-electron chi connectivity index (χ3n) is 2.41. The highest BCUT2D eigenvalue weighted by molar-refractivity contribution is 6.36. The molecule has 0 fully saturated rings. The van der Waals surface area contributed by atoms with Crippen molar-refractivity contribution >= 4 is 22.6 Å². The van der Waals surface area contributed by atoms with Gasteiger partial charge in [0.05, 0.1) is 5.02 Å². The Labute approximate surface area is 105 Å². The van der Waals surface area contributed by atoms with Gasteiger partial charge >= 0.3 is 0 Å². The van der Waals surface area contributed by atoms with E-state index in [0.717, 1.165) is 11.0 Å². The van der Waals surface area contributed by atoms with Gasteiger partial charge in [-0.1, -0.05) is 23.7 Å². The number of hydrogen-bond donors (Lipinski definition) is 0. The minimum atomic E-state index is -0.537. The van der Waals surface area contributed by atoms with E-state index in [2.05, 4.69) is 0 Å². The number of para-hydroxylation sites is 1. The molecule has 3 nitrogen and oxygen atoms in total. The van der Waals surface area contributed by atoms with E-state index >= 15 is 0 Å². The molecule has 0 saturated heterocycles. The lowest BCUT2D eigenvalue weighted by molar-refractivity contribution is -0.150. The van der Waals surface area contributed by atoms with Crippen molar-refractivity contribution in [3.63, 3.8) is 0 Å². The van der Waals surface area contributed by atoms with Gasteiger partial charge in [-0.15, -0.1) is 0 Å². The normalized spacial score (nSPS) is 11.5. The minimum absolute atomic E-state index is 0.537. The first-order valence-corrected chi connectivity index (χ1v) is 6.05. The summed E-state index contributed by atoms with van der Waals surface area (Å²) in [7, 11) is 0. The highest BCUT2D eigenvalue weighted by Gasteiger charge is 2.22. The number of halogens is 1. The molecule has 0 amide bonds. The highest BCUT2D eigenvalue weighted by Crippen LogP contribution is 2.35. The molecule has 1 heterocycles. The number of rotatable bonds is 5. The summed E-state index contributed by atoms with van der Waals surface area (Å²) in [6, 6.07) is 7.62. The SMILES string of the molecule is CCOC(OCC)c1oc2ccccc2c1Cl. The fraction of sp³-hybridized carbons (Fsp3) is 0.385. The summed E-state index contributed by atoms with van der Waals surface area (Å²) < 4.78 is 16.6. The van der Waals surface area contributed by atoms with Crippen LogP contribution in [-0.2, 0) is 9.47 Å². The zero-order valence-corrected chi connectivity index (χ0v) is 10.7. The van der Waals surface area contributed by atoms with Crippen LogP contribution in [0.4, 0.5) is 0 Å². The lowest BCUT2D eigenvalue weighted by Gasteiger charge is -2.14. The van der Waals surface area contributed by atoms with Crippen LogP contribution in [0.15, 0.2) is 28.7 Å². The number of benzene rings is 1. The second kappa shape index (κ2) is 5.54. The third kappa shape index (κ3) is 2.46. The van der Waals surface area contributed by atoms with Crippen LogP contribution < -0.4 is 0 Å². The summed E-state index contributed by atoms with van der Waals surface area (Å²) >= 11 is 6.27. The van der Waals surface area contributed by atoms with Crippen LogP contribution in [0.25, 0.3) is 11.0 Å². The molecule has 0 aliphatic heterocycles. The van der Waals surface area contributed by atoms with Crippen LogP contribution in [0, 0.1) is 0 Å². The number of hydrogen-bond acceptors (Lipinski definition) is 3. The molecule has 0 bridgehead atoms. The summed E-state index contributed by atoms with van der Waals surface area (Å²) in [6.45, 7) is 4.89. The van der Waals surface area contributed by atoms with E-state index in [9.17, 15) is 0 Å². The lowest BCUT2D eigenvalue weighted by Crippen LogP contribution is -2.08. The van der Waals surface area contributed by atoms with Gasteiger partial charge in [0.2, 0.25) is 6.29 Å². The van der Waals surface area contributed by atoms with Crippen molar-refractivity contribution in [2.75, 3.05) is 13.2 Å². The quantitative estimate of drug-likeness (QED) is 0.751. The molecule has 2 aromatic rings. The first kappa shape index (κ1) is 12.4. The molecule has 4 heteroatoms. The van der Waals surface area contributed by atoms with E-state index in [-0.39, 0.29) is 0 Å². The summed E-state index contributed by atoms with van der Waals surface area (Å²) in [5.41, 5.74) is 0.747. The van der Waals surface area contributed by atoms with E-state index in [1.165, 1.54) is 0 Å². The summed E-state index contributed by atoms with van der Waals surface area (Å²) in [4.78, 5) is 0. The highest BCUT2D eigenvalue weighted by atomic mass is 35.5. The average molecular weight is 255 g/mol. The maximum absolute atomic E-state index is 6.27. The smallest absolute Gasteiger partial charge is 0.218 e. The van der Waals surface area contributed by atoms with E-state index in [1.54, 1.807) is 0 Å². The van der Waals surface area contributed by atoms with Crippen LogP contribution in [0.5, 0.6) is 0 Å². The Morgan fingerprint density at radius 3 is 2.41 bits per heavy atom. The second-order valence-electron chi connectivity index (χ2n) is 3.52. The van der Waals surface area contributed by atoms with Gasteiger partial charge in [0.25, 0.3) is 0 Å². The Hall–Kier alpha value is -1.03. The summed E-state index contributed by atoms with van der Waals surface area (Å²) in [5, 5.41) is 1.45. The molecule has 17 heavy (non-hydrogen) atoms. The molecule has 0 N–H and O–H groups in total. The van der Waals surface area contributed by atoms with Gasteiger partial charge < -0.3 is 13.9 Å². The Morgan fingerprint density at radius 1 is 1.18 bits per heavy atom. The van der Waals surface area contributed by atoms with Crippen LogP contribution in [-0.4, -0.2) is 13.2 Å². The van der Waals surface area contributed by atoms with Crippen molar-refractivity contribution in [1.29, 1.82) is 0 Å². The van der Waals surface area contributed by atoms with Crippen molar-refractivity contribution in [2.45, 2.75) is 20.1 Å². The lowest BCUT2D eigenvalue weighted by atomic mass is 10.2. The molecule has 0 aliphatic rings. The summed E-state index contributed by atoms with van der Waals surface area (Å²) in [6.07, 6.45) is -0.537. The molecule has 2 rings (SSSR count). The van der Waals surface area contributed by atoms with Crippen LogP contribution in [0.3, 0.4) is 0 Å². The van der Waals surface area contributed by atoms with E-state index < -0.39 is 6.29 Å². The van der Waals surface area contributed by atoms with Crippen LogP contribution in [0.1, 0.15) is 25.9 Å². The average Bonchev–Trinajstić information content (AvgIpc) is 2.67. The van der Waals surface area contributed by atoms with Gasteiger partial charge in [-0.3, -0.25) is 0 Å². The van der Waals surface area contributed by atoms with Gasteiger partial charge in [-0.25, -0.2) is 0 Å². The zero-order valence-electron chi connectivity index (χ0n) is 9.90. The molecule has 0 atom stereocenters. The zero-order chi connectivity index (χ0) is 12.3. The van der Waals surface area contributed by atoms with Crippen molar-refractivity contribution in [3.05, 3.63) is 35.0 Å². The van der Waals surface area contributed by atoms with E-state index in [4.69, 9.17) is 25.5 Å². The largest absolute Gasteiger partial charge is 0.454 e.